The number of anilines is 2. The average Bonchev–Trinajstić information content (AvgIpc) is 3.39. The molecule has 4 unspecified atom stereocenters. The highest BCUT2D eigenvalue weighted by molar-refractivity contribution is 6.36. The molecule has 6 nitrogen and oxygen atoms in total. The summed E-state index contributed by atoms with van der Waals surface area (Å²) in [4.78, 5) is 44.1. The molecule has 0 bridgehead atoms. The van der Waals surface area contributed by atoms with E-state index in [2.05, 4.69) is 10.2 Å². The summed E-state index contributed by atoms with van der Waals surface area (Å²) in [7, 11) is 0. The van der Waals surface area contributed by atoms with Gasteiger partial charge < -0.3 is 5.32 Å². The minimum atomic E-state index is -1.16. The van der Waals surface area contributed by atoms with Crippen LogP contribution in [0.5, 0.6) is 0 Å². The highest BCUT2D eigenvalue weighted by Crippen LogP contribution is 2.60. The fourth-order valence-corrected chi connectivity index (χ4v) is 6.60. The topological polar surface area (TPSA) is 69.7 Å². The minimum Gasteiger partial charge on any atom is -0.324 e. The quantitative estimate of drug-likeness (QED) is 0.688. The van der Waals surface area contributed by atoms with Crippen molar-refractivity contribution in [2.24, 2.45) is 11.8 Å². The van der Waals surface area contributed by atoms with E-state index in [9.17, 15) is 14.4 Å². The molecule has 152 valence electrons. The molecular weight excluding hydrogens is 425 g/mol. The molecular formula is C22H17Cl2N3O3. The van der Waals surface area contributed by atoms with E-state index < -0.39 is 17.4 Å². The Labute approximate surface area is 182 Å². The Bertz CT molecular complexity index is 1130. The Balaban J connectivity index is 1.56. The Kier molecular flexibility index (Phi) is 3.71. The zero-order valence-corrected chi connectivity index (χ0v) is 17.3. The average molecular weight is 442 g/mol. The number of carbonyl (C=O) groups excluding carboxylic acids is 3. The normalized spacial score (nSPS) is 32.0. The van der Waals surface area contributed by atoms with Crippen LogP contribution in [0.1, 0.15) is 18.4 Å². The summed E-state index contributed by atoms with van der Waals surface area (Å²) in [6, 6.07) is 12.0. The van der Waals surface area contributed by atoms with Crippen molar-refractivity contribution in [2.45, 2.75) is 24.4 Å². The standard InChI is InChI=1S/C22H17Cl2N3O3/c23-11-8-12(24)10-13(9-11)27-19(28)17-16-6-3-7-26(16)22(18(17)20(27)29)14-4-1-2-5-15(14)25-21(22)30/h1-2,4-5,8-10,16-18H,3,6-7H2,(H,25,30). The summed E-state index contributed by atoms with van der Waals surface area (Å²) in [5.74, 6) is -2.24. The van der Waals surface area contributed by atoms with Crippen LogP contribution in [0.4, 0.5) is 11.4 Å². The van der Waals surface area contributed by atoms with E-state index in [1.54, 1.807) is 18.2 Å². The van der Waals surface area contributed by atoms with Crippen LogP contribution in [-0.4, -0.2) is 35.2 Å². The van der Waals surface area contributed by atoms with Crippen LogP contribution in [0.25, 0.3) is 0 Å². The van der Waals surface area contributed by atoms with Gasteiger partial charge in [-0.05, 0) is 43.7 Å². The highest BCUT2D eigenvalue weighted by Gasteiger charge is 2.74. The largest absolute Gasteiger partial charge is 0.324 e. The molecule has 0 radical (unpaired) electrons. The zero-order valence-electron chi connectivity index (χ0n) is 15.8. The lowest BCUT2D eigenvalue weighted by molar-refractivity contribution is -0.135. The van der Waals surface area contributed by atoms with E-state index in [1.807, 2.05) is 24.3 Å². The van der Waals surface area contributed by atoms with E-state index in [-0.39, 0.29) is 23.8 Å². The predicted octanol–water partition coefficient (Wildman–Crippen LogP) is 3.42. The molecule has 4 heterocycles. The number of para-hydroxylation sites is 1. The third-order valence-corrected chi connectivity index (χ3v) is 7.44. The number of imide groups is 1. The maximum Gasteiger partial charge on any atom is 0.250 e. The first-order valence-electron chi connectivity index (χ1n) is 9.96. The van der Waals surface area contributed by atoms with Gasteiger partial charge in [-0.1, -0.05) is 41.4 Å². The van der Waals surface area contributed by atoms with Gasteiger partial charge in [-0.25, -0.2) is 4.90 Å². The van der Waals surface area contributed by atoms with E-state index >= 15 is 0 Å². The first-order chi connectivity index (χ1) is 14.4. The lowest BCUT2D eigenvalue weighted by Crippen LogP contribution is -2.54. The maximum atomic E-state index is 13.8. The number of nitrogens with zero attached hydrogens (tertiary/aromatic N) is 2. The van der Waals surface area contributed by atoms with E-state index in [1.165, 1.54) is 4.90 Å². The van der Waals surface area contributed by atoms with Gasteiger partial charge in [0, 0.05) is 27.3 Å². The fourth-order valence-electron chi connectivity index (χ4n) is 6.08. The second-order valence-corrected chi connectivity index (χ2v) is 9.18. The third-order valence-electron chi connectivity index (χ3n) is 7.01. The molecule has 8 heteroatoms. The lowest BCUT2D eigenvalue weighted by atomic mass is 9.75. The molecule has 0 saturated carbocycles. The number of amides is 3. The smallest absolute Gasteiger partial charge is 0.250 e. The van der Waals surface area contributed by atoms with Crippen molar-refractivity contribution in [1.82, 2.24) is 4.90 Å². The van der Waals surface area contributed by atoms with Crippen LogP contribution in [-0.2, 0) is 19.9 Å². The minimum absolute atomic E-state index is 0.150. The van der Waals surface area contributed by atoms with Crippen molar-refractivity contribution in [3.05, 3.63) is 58.1 Å². The molecule has 4 atom stereocenters. The van der Waals surface area contributed by atoms with Crippen LogP contribution in [0, 0.1) is 11.8 Å². The molecule has 3 saturated heterocycles. The monoisotopic (exact) mass is 441 g/mol. The maximum absolute atomic E-state index is 13.8. The number of rotatable bonds is 1. The van der Waals surface area contributed by atoms with Crippen LogP contribution in [0.2, 0.25) is 10.0 Å². The van der Waals surface area contributed by atoms with Gasteiger partial charge in [0.15, 0.2) is 0 Å². The lowest BCUT2D eigenvalue weighted by Gasteiger charge is -2.36. The summed E-state index contributed by atoms with van der Waals surface area (Å²) < 4.78 is 0. The van der Waals surface area contributed by atoms with Gasteiger partial charge >= 0.3 is 0 Å². The summed E-state index contributed by atoms with van der Waals surface area (Å²) in [6.07, 6.45) is 1.66. The molecule has 2 aromatic rings. The Hall–Kier alpha value is -2.41. The van der Waals surface area contributed by atoms with Crippen molar-refractivity contribution in [3.63, 3.8) is 0 Å². The first-order valence-corrected chi connectivity index (χ1v) is 10.7. The Morgan fingerprint density at radius 1 is 1.00 bits per heavy atom. The second-order valence-electron chi connectivity index (χ2n) is 8.31. The molecule has 30 heavy (non-hydrogen) atoms. The van der Waals surface area contributed by atoms with Crippen molar-refractivity contribution in [1.29, 1.82) is 0 Å². The van der Waals surface area contributed by atoms with Gasteiger partial charge in [-0.15, -0.1) is 0 Å². The SMILES string of the molecule is O=C1C2C3CCCN3C3(C(=O)Nc4ccccc43)C2C(=O)N1c1cc(Cl)cc(Cl)c1. The predicted molar refractivity (Wildman–Crippen MR) is 112 cm³/mol. The van der Waals surface area contributed by atoms with E-state index in [0.29, 0.717) is 28.0 Å². The number of hydrogen-bond donors (Lipinski definition) is 1. The molecule has 4 aliphatic rings. The number of fused-ring (bicyclic) bond motifs is 7. The molecule has 3 amide bonds. The number of hydrogen-bond acceptors (Lipinski definition) is 4. The molecule has 0 aliphatic carbocycles. The number of benzene rings is 2. The summed E-state index contributed by atoms with van der Waals surface area (Å²) in [5, 5.41) is 3.65. The van der Waals surface area contributed by atoms with Gasteiger partial charge in [0.25, 0.3) is 0 Å². The molecule has 3 fully saturated rings. The van der Waals surface area contributed by atoms with Gasteiger partial charge in [0.1, 0.15) is 5.54 Å². The molecule has 6 rings (SSSR count). The number of halogens is 2. The molecule has 4 aliphatic heterocycles. The third kappa shape index (κ3) is 2.06. The van der Waals surface area contributed by atoms with Crippen molar-refractivity contribution in [3.8, 4) is 0 Å². The summed E-state index contributed by atoms with van der Waals surface area (Å²) in [6.45, 7) is 0.684. The Morgan fingerprint density at radius 2 is 1.73 bits per heavy atom. The van der Waals surface area contributed by atoms with Crippen LogP contribution < -0.4 is 10.2 Å². The highest BCUT2D eigenvalue weighted by atomic mass is 35.5. The molecule has 0 aromatic heterocycles. The molecule has 1 N–H and O–H groups in total. The fraction of sp³-hybridized carbons (Fsp3) is 0.318. The van der Waals surface area contributed by atoms with Gasteiger partial charge in [-0.3, -0.25) is 19.3 Å². The Morgan fingerprint density at radius 3 is 2.50 bits per heavy atom. The van der Waals surface area contributed by atoms with E-state index in [0.717, 1.165) is 18.4 Å². The van der Waals surface area contributed by atoms with Gasteiger partial charge in [0.2, 0.25) is 17.7 Å². The zero-order chi connectivity index (χ0) is 20.8. The van der Waals surface area contributed by atoms with Gasteiger partial charge in [-0.2, -0.15) is 0 Å². The van der Waals surface area contributed by atoms with Crippen LogP contribution in [0.3, 0.4) is 0 Å². The summed E-state index contributed by atoms with van der Waals surface area (Å²) >= 11 is 12.3. The van der Waals surface area contributed by atoms with E-state index in [4.69, 9.17) is 23.2 Å². The summed E-state index contributed by atoms with van der Waals surface area (Å²) in [5.41, 5.74) is 0.676. The first kappa shape index (κ1) is 18.4. The van der Waals surface area contributed by atoms with Crippen molar-refractivity contribution in [2.75, 3.05) is 16.8 Å². The van der Waals surface area contributed by atoms with Crippen molar-refractivity contribution < 1.29 is 14.4 Å². The number of nitrogens with one attached hydrogen (secondary N) is 1. The number of carbonyl (C=O) groups is 3. The van der Waals surface area contributed by atoms with Crippen LogP contribution in [0.15, 0.2) is 42.5 Å². The molecule has 2 aromatic carbocycles. The van der Waals surface area contributed by atoms with Gasteiger partial charge in [0.05, 0.1) is 17.5 Å². The second kappa shape index (κ2) is 6.06. The molecule has 1 spiro atoms. The van der Waals surface area contributed by atoms with Crippen molar-refractivity contribution >= 4 is 52.3 Å². The van der Waals surface area contributed by atoms with Crippen LogP contribution >= 0.6 is 23.2 Å².